The van der Waals surface area contributed by atoms with Crippen LogP contribution in [0.1, 0.15) is 37.8 Å². The molecule has 0 aliphatic carbocycles. The van der Waals surface area contributed by atoms with Gasteiger partial charge in [-0.1, -0.05) is 49.2 Å². The summed E-state index contributed by atoms with van der Waals surface area (Å²) in [4.78, 5) is 4.46. The van der Waals surface area contributed by atoms with Crippen molar-refractivity contribution in [1.82, 2.24) is 14.1 Å². The van der Waals surface area contributed by atoms with Gasteiger partial charge in [-0.2, -0.15) is 12.7 Å². The van der Waals surface area contributed by atoms with Crippen LogP contribution in [-0.4, -0.2) is 75.7 Å². The molecule has 2 fully saturated rings. The average molecular weight is 533 g/mol. The Balaban J connectivity index is 1.73. The maximum atomic E-state index is 13.6. The summed E-state index contributed by atoms with van der Waals surface area (Å²) < 4.78 is 59.8. The smallest absolute Gasteiger partial charge is 0.283 e. The fourth-order valence-electron chi connectivity index (χ4n) is 4.92. The van der Waals surface area contributed by atoms with Crippen LogP contribution in [0.5, 0.6) is 0 Å². The molecule has 2 aromatic carbocycles. The maximum absolute atomic E-state index is 13.6. The number of sulfonamides is 2. The zero-order chi connectivity index (χ0) is 26.1. The molecule has 0 spiro atoms. The standard InChI is InChI=1S/C26H36N4O4S2/c1-20(2)26-29(17-18-30(26)36(33,34)24-13-9-22(4)10-14-24)25(19-28-15-5-6-16-28)27-35(31,32)23-11-7-21(3)8-12-23/h7-14,20,26H,5-6,15-19H2,1-4H3/b27-25-. The molecule has 2 heterocycles. The van der Waals surface area contributed by atoms with Crippen LogP contribution in [0.3, 0.4) is 0 Å². The summed E-state index contributed by atoms with van der Waals surface area (Å²) in [7, 11) is -7.73. The van der Waals surface area contributed by atoms with E-state index in [0.29, 0.717) is 18.9 Å². The second-order valence-corrected chi connectivity index (χ2v) is 13.6. The van der Waals surface area contributed by atoms with Crippen molar-refractivity contribution in [1.29, 1.82) is 0 Å². The predicted molar refractivity (Wildman–Crippen MR) is 142 cm³/mol. The molecule has 196 valence electrons. The third-order valence-electron chi connectivity index (χ3n) is 6.84. The zero-order valence-corrected chi connectivity index (χ0v) is 23.1. The molecule has 1 atom stereocenters. The van der Waals surface area contributed by atoms with Gasteiger partial charge in [-0.3, -0.25) is 4.90 Å². The molecule has 2 aliphatic heterocycles. The van der Waals surface area contributed by atoms with Crippen LogP contribution in [0.15, 0.2) is 62.7 Å². The quantitative estimate of drug-likeness (QED) is 0.401. The van der Waals surface area contributed by atoms with Gasteiger partial charge in [-0.25, -0.2) is 8.42 Å². The minimum absolute atomic E-state index is 0.0846. The minimum atomic E-state index is -3.96. The minimum Gasteiger partial charge on any atom is -0.340 e. The summed E-state index contributed by atoms with van der Waals surface area (Å²) >= 11 is 0. The van der Waals surface area contributed by atoms with E-state index in [2.05, 4.69) is 9.30 Å². The van der Waals surface area contributed by atoms with Crippen molar-refractivity contribution >= 4 is 25.9 Å². The summed E-state index contributed by atoms with van der Waals surface area (Å²) in [5.41, 5.74) is 1.95. The van der Waals surface area contributed by atoms with Gasteiger partial charge in [0.2, 0.25) is 10.0 Å². The van der Waals surface area contributed by atoms with Crippen molar-refractivity contribution in [3.8, 4) is 0 Å². The molecule has 4 rings (SSSR count). The molecule has 8 nitrogen and oxygen atoms in total. The third kappa shape index (κ3) is 5.66. The van der Waals surface area contributed by atoms with Crippen molar-refractivity contribution in [2.45, 2.75) is 56.5 Å². The molecular formula is C26H36N4O4S2. The molecule has 0 bridgehead atoms. The van der Waals surface area contributed by atoms with Crippen LogP contribution in [0, 0.1) is 19.8 Å². The second kappa shape index (κ2) is 10.6. The van der Waals surface area contributed by atoms with E-state index in [1.807, 2.05) is 32.6 Å². The fraction of sp³-hybridized carbons (Fsp3) is 0.500. The van der Waals surface area contributed by atoms with E-state index in [9.17, 15) is 16.8 Å². The van der Waals surface area contributed by atoms with Gasteiger partial charge in [-0.15, -0.1) is 4.40 Å². The monoisotopic (exact) mass is 532 g/mol. The Morgan fingerprint density at radius 3 is 1.89 bits per heavy atom. The van der Waals surface area contributed by atoms with E-state index in [1.54, 1.807) is 48.5 Å². The van der Waals surface area contributed by atoms with Gasteiger partial charge in [0, 0.05) is 13.1 Å². The molecule has 2 aromatic rings. The van der Waals surface area contributed by atoms with Crippen molar-refractivity contribution in [3.63, 3.8) is 0 Å². The number of hydrogen-bond acceptors (Lipinski definition) is 5. The maximum Gasteiger partial charge on any atom is 0.283 e. The van der Waals surface area contributed by atoms with Crippen LogP contribution >= 0.6 is 0 Å². The van der Waals surface area contributed by atoms with E-state index >= 15 is 0 Å². The number of benzene rings is 2. The van der Waals surface area contributed by atoms with Crippen molar-refractivity contribution in [2.75, 3.05) is 32.7 Å². The Labute approximate surface area is 215 Å². The molecule has 2 saturated heterocycles. The van der Waals surface area contributed by atoms with Gasteiger partial charge in [0.25, 0.3) is 10.0 Å². The molecule has 10 heteroatoms. The molecule has 0 saturated carbocycles. The topological polar surface area (TPSA) is 90.4 Å². The number of aryl methyl sites for hydroxylation is 2. The van der Waals surface area contributed by atoms with E-state index < -0.39 is 26.2 Å². The van der Waals surface area contributed by atoms with Crippen LogP contribution < -0.4 is 0 Å². The van der Waals surface area contributed by atoms with E-state index in [-0.39, 0.29) is 22.3 Å². The van der Waals surface area contributed by atoms with Crippen LogP contribution in [-0.2, 0) is 20.0 Å². The SMILES string of the molecule is Cc1ccc(S(=O)(=O)/N=C(/CN2CCCC2)N2CCN(S(=O)(=O)c3ccc(C)cc3)C2C(C)C)cc1. The highest BCUT2D eigenvalue weighted by atomic mass is 32.2. The van der Waals surface area contributed by atoms with Crippen molar-refractivity contribution < 1.29 is 16.8 Å². The molecule has 36 heavy (non-hydrogen) atoms. The summed E-state index contributed by atoms with van der Waals surface area (Å²) in [5, 5.41) is 0. The third-order valence-corrected chi connectivity index (χ3v) is 10.0. The van der Waals surface area contributed by atoms with E-state index in [4.69, 9.17) is 0 Å². The lowest BCUT2D eigenvalue weighted by Crippen LogP contribution is -2.50. The zero-order valence-electron chi connectivity index (χ0n) is 21.5. The highest BCUT2D eigenvalue weighted by molar-refractivity contribution is 7.90. The van der Waals surface area contributed by atoms with E-state index in [0.717, 1.165) is 37.1 Å². The number of rotatable bonds is 7. The average Bonchev–Trinajstić information content (AvgIpc) is 3.49. The van der Waals surface area contributed by atoms with Crippen LogP contribution in [0.25, 0.3) is 0 Å². The van der Waals surface area contributed by atoms with Crippen molar-refractivity contribution in [2.24, 2.45) is 10.3 Å². The first-order chi connectivity index (χ1) is 17.0. The summed E-state index contributed by atoms with van der Waals surface area (Å²) in [5.74, 6) is 0.316. The highest BCUT2D eigenvalue weighted by Gasteiger charge is 2.43. The summed E-state index contributed by atoms with van der Waals surface area (Å²) in [6, 6.07) is 13.5. The summed E-state index contributed by atoms with van der Waals surface area (Å²) in [6.07, 6.45) is 1.57. The molecule has 2 aliphatic rings. The van der Waals surface area contributed by atoms with Gasteiger partial charge < -0.3 is 4.90 Å². The number of likely N-dealkylation sites (tertiary alicyclic amines) is 1. The fourth-order valence-corrected chi connectivity index (χ4v) is 7.66. The van der Waals surface area contributed by atoms with Crippen LogP contribution in [0.2, 0.25) is 0 Å². The Morgan fingerprint density at radius 2 is 1.36 bits per heavy atom. The molecule has 0 N–H and O–H groups in total. The highest BCUT2D eigenvalue weighted by Crippen LogP contribution is 2.30. The van der Waals surface area contributed by atoms with Gasteiger partial charge in [0.15, 0.2) is 0 Å². The first kappa shape index (κ1) is 26.8. The van der Waals surface area contributed by atoms with Crippen molar-refractivity contribution in [3.05, 3.63) is 59.7 Å². The molecule has 1 unspecified atom stereocenters. The normalized spacial score (nSPS) is 20.5. The predicted octanol–water partition coefficient (Wildman–Crippen LogP) is 3.48. The van der Waals surface area contributed by atoms with E-state index in [1.165, 1.54) is 4.31 Å². The largest absolute Gasteiger partial charge is 0.340 e. The first-order valence-electron chi connectivity index (χ1n) is 12.5. The van der Waals surface area contributed by atoms with Crippen LogP contribution in [0.4, 0.5) is 0 Å². The molecular weight excluding hydrogens is 496 g/mol. The lowest BCUT2D eigenvalue weighted by molar-refractivity contribution is 0.205. The van der Waals surface area contributed by atoms with Gasteiger partial charge in [0.05, 0.1) is 22.5 Å². The second-order valence-electron chi connectivity index (χ2n) is 10.1. The summed E-state index contributed by atoms with van der Waals surface area (Å²) in [6.45, 7) is 10.5. The number of amidine groups is 1. The number of nitrogens with zero attached hydrogens (tertiary/aromatic N) is 4. The van der Waals surface area contributed by atoms with Gasteiger partial charge in [0.1, 0.15) is 5.84 Å². The number of hydrogen-bond donors (Lipinski definition) is 0. The Bertz CT molecular complexity index is 1300. The lowest BCUT2D eigenvalue weighted by Gasteiger charge is -2.35. The molecule has 0 radical (unpaired) electrons. The van der Waals surface area contributed by atoms with Gasteiger partial charge >= 0.3 is 0 Å². The Hall–Kier alpha value is -2.27. The lowest BCUT2D eigenvalue weighted by atomic mass is 10.1. The first-order valence-corrected chi connectivity index (χ1v) is 15.3. The Kier molecular flexibility index (Phi) is 7.89. The van der Waals surface area contributed by atoms with Gasteiger partial charge in [-0.05, 0) is 70.0 Å². The molecule has 0 aromatic heterocycles. The Morgan fingerprint density at radius 1 is 0.833 bits per heavy atom. The molecule has 0 amide bonds.